The molecule has 0 radical (unpaired) electrons. The van der Waals surface area contributed by atoms with Gasteiger partial charge in [-0.3, -0.25) is 13.9 Å². The standard InChI is InChI=1S/C20H21Cl4N3O4S/c1-12(20(29)25-2)26(10-16-17(23)5-4-6-18(16)24)19(28)11-27(32(3,30)31)15-8-13(21)7-14(22)9-15/h4-9,12H,10-11H2,1-3H3,(H,25,29)/t12-/m1/s1. The number of nitrogens with one attached hydrogen (secondary N) is 1. The molecular weight excluding hydrogens is 520 g/mol. The first-order valence-electron chi connectivity index (χ1n) is 9.23. The first-order valence-corrected chi connectivity index (χ1v) is 12.6. The van der Waals surface area contributed by atoms with Gasteiger partial charge in [0, 0.05) is 39.2 Å². The number of anilines is 1. The van der Waals surface area contributed by atoms with E-state index in [2.05, 4.69) is 5.32 Å². The minimum Gasteiger partial charge on any atom is -0.357 e. The van der Waals surface area contributed by atoms with Crippen LogP contribution in [0.1, 0.15) is 12.5 Å². The maximum Gasteiger partial charge on any atom is 0.244 e. The van der Waals surface area contributed by atoms with E-state index in [1.54, 1.807) is 18.2 Å². The average Bonchev–Trinajstić information content (AvgIpc) is 2.69. The Bertz CT molecular complexity index is 1090. The van der Waals surface area contributed by atoms with E-state index in [0.717, 1.165) is 10.6 Å². The van der Waals surface area contributed by atoms with E-state index >= 15 is 0 Å². The van der Waals surface area contributed by atoms with Gasteiger partial charge in [-0.1, -0.05) is 52.5 Å². The zero-order valence-corrected chi connectivity index (χ0v) is 21.2. The average molecular weight is 541 g/mol. The van der Waals surface area contributed by atoms with Crippen LogP contribution in [0, 0.1) is 0 Å². The van der Waals surface area contributed by atoms with Gasteiger partial charge in [-0.25, -0.2) is 8.42 Å². The molecule has 0 aliphatic carbocycles. The van der Waals surface area contributed by atoms with E-state index in [1.807, 2.05) is 0 Å². The SMILES string of the molecule is CNC(=O)[C@@H](C)N(Cc1c(Cl)cccc1Cl)C(=O)CN(c1cc(Cl)cc(Cl)c1)S(C)(=O)=O. The fourth-order valence-electron chi connectivity index (χ4n) is 2.94. The number of amides is 2. The third kappa shape index (κ3) is 6.65. The number of rotatable bonds is 8. The predicted octanol–water partition coefficient (Wildman–Crippen LogP) is 4.23. The van der Waals surface area contributed by atoms with Crippen molar-refractivity contribution < 1.29 is 18.0 Å². The van der Waals surface area contributed by atoms with Gasteiger partial charge in [0.05, 0.1) is 11.9 Å². The van der Waals surface area contributed by atoms with Crippen LogP contribution < -0.4 is 9.62 Å². The van der Waals surface area contributed by atoms with Crippen molar-refractivity contribution in [3.63, 3.8) is 0 Å². The van der Waals surface area contributed by atoms with Gasteiger partial charge in [0.15, 0.2) is 0 Å². The fourth-order valence-corrected chi connectivity index (χ4v) is 4.81. The van der Waals surface area contributed by atoms with Gasteiger partial charge in [0.25, 0.3) is 0 Å². The van der Waals surface area contributed by atoms with Gasteiger partial charge in [-0.05, 0) is 37.3 Å². The summed E-state index contributed by atoms with van der Waals surface area (Å²) in [5.74, 6) is -1.10. The number of halogens is 4. The van der Waals surface area contributed by atoms with Crippen molar-refractivity contribution in [1.29, 1.82) is 0 Å². The number of carbonyl (C=O) groups is 2. The summed E-state index contributed by atoms with van der Waals surface area (Å²) in [5, 5.41) is 3.49. The number of nitrogens with zero attached hydrogens (tertiary/aromatic N) is 2. The molecule has 0 aliphatic heterocycles. The van der Waals surface area contributed by atoms with Crippen molar-refractivity contribution in [3.8, 4) is 0 Å². The van der Waals surface area contributed by atoms with Crippen molar-refractivity contribution in [2.24, 2.45) is 0 Å². The highest BCUT2D eigenvalue weighted by Crippen LogP contribution is 2.29. The van der Waals surface area contributed by atoms with Crippen molar-refractivity contribution >= 4 is 73.9 Å². The molecule has 2 aromatic carbocycles. The number of hydrogen-bond acceptors (Lipinski definition) is 4. The van der Waals surface area contributed by atoms with Crippen molar-refractivity contribution in [2.45, 2.75) is 19.5 Å². The minimum absolute atomic E-state index is 0.111. The molecule has 0 aliphatic rings. The summed E-state index contributed by atoms with van der Waals surface area (Å²) in [6.45, 7) is 0.807. The van der Waals surface area contributed by atoms with E-state index in [4.69, 9.17) is 46.4 Å². The van der Waals surface area contributed by atoms with Crippen molar-refractivity contribution in [1.82, 2.24) is 10.2 Å². The van der Waals surface area contributed by atoms with Crippen LogP contribution in [0.4, 0.5) is 5.69 Å². The van der Waals surface area contributed by atoms with Crippen LogP contribution >= 0.6 is 46.4 Å². The number of hydrogen-bond donors (Lipinski definition) is 1. The molecule has 0 unspecified atom stereocenters. The van der Waals surface area contributed by atoms with Crippen LogP contribution in [0.15, 0.2) is 36.4 Å². The van der Waals surface area contributed by atoms with Gasteiger partial charge in [0.2, 0.25) is 21.8 Å². The van der Waals surface area contributed by atoms with Crippen molar-refractivity contribution in [3.05, 3.63) is 62.1 Å². The van der Waals surface area contributed by atoms with Crippen LogP contribution in [-0.2, 0) is 26.2 Å². The lowest BCUT2D eigenvalue weighted by atomic mass is 10.1. The first-order chi connectivity index (χ1) is 14.8. The van der Waals surface area contributed by atoms with Gasteiger partial charge in [-0.2, -0.15) is 0 Å². The molecule has 7 nitrogen and oxygen atoms in total. The van der Waals surface area contributed by atoms with Crippen LogP contribution in [0.3, 0.4) is 0 Å². The Labute approximate surface area is 207 Å². The Balaban J connectivity index is 2.47. The quantitative estimate of drug-likeness (QED) is 0.542. The van der Waals surface area contributed by atoms with Crippen LogP contribution in [0.2, 0.25) is 20.1 Å². The molecule has 0 fully saturated rings. The van der Waals surface area contributed by atoms with E-state index in [9.17, 15) is 18.0 Å². The molecule has 1 N–H and O–H groups in total. The lowest BCUT2D eigenvalue weighted by molar-refractivity contribution is -0.139. The molecule has 2 rings (SSSR count). The minimum atomic E-state index is -3.90. The second-order valence-electron chi connectivity index (χ2n) is 6.91. The summed E-state index contributed by atoms with van der Waals surface area (Å²) < 4.78 is 25.8. The molecule has 32 heavy (non-hydrogen) atoms. The predicted molar refractivity (Wildman–Crippen MR) is 129 cm³/mol. The second-order valence-corrected chi connectivity index (χ2v) is 10.5. The molecular formula is C20H21Cl4N3O4S. The van der Waals surface area contributed by atoms with Crippen LogP contribution in [-0.4, -0.2) is 51.0 Å². The third-order valence-electron chi connectivity index (χ3n) is 4.62. The molecule has 0 saturated carbocycles. The first kappa shape index (κ1) is 26.5. The summed E-state index contributed by atoms with van der Waals surface area (Å²) in [7, 11) is -2.47. The fraction of sp³-hybridized carbons (Fsp3) is 0.300. The molecule has 0 aromatic heterocycles. The summed E-state index contributed by atoms with van der Waals surface area (Å²) in [6.07, 6.45) is 0.951. The van der Waals surface area contributed by atoms with Crippen LogP contribution in [0.5, 0.6) is 0 Å². The molecule has 0 spiro atoms. The Hall–Kier alpha value is -1.71. The molecule has 1 atom stereocenters. The molecule has 0 bridgehead atoms. The molecule has 12 heteroatoms. The topological polar surface area (TPSA) is 86.8 Å². The van der Waals surface area contributed by atoms with E-state index in [-0.39, 0.29) is 22.3 Å². The summed E-state index contributed by atoms with van der Waals surface area (Å²) in [5.41, 5.74) is 0.540. The Morgan fingerprint density at radius 2 is 1.56 bits per heavy atom. The van der Waals surface area contributed by atoms with Crippen molar-refractivity contribution in [2.75, 3.05) is 24.2 Å². The highest BCUT2D eigenvalue weighted by molar-refractivity contribution is 7.92. The monoisotopic (exact) mass is 539 g/mol. The third-order valence-corrected chi connectivity index (χ3v) is 6.90. The van der Waals surface area contributed by atoms with Crippen LogP contribution in [0.25, 0.3) is 0 Å². The van der Waals surface area contributed by atoms with E-state index < -0.39 is 34.4 Å². The Kier molecular flexibility index (Phi) is 9.07. The molecule has 2 aromatic rings. The maximum atomic E-state index is 13.3. The normalized spacial score (nSPS) is 12.2. The Morgan fingerprint density at radius 1 is 1.03 bits per heavy atom. The largest absolute Gasteiger partial charge is 0.357 e. The van der Waals surface area contributed by atoms with E-state index in [0.29, 0.717) is 15.6 Å². The molecule has 0 saturated heterocycles. The highest BCUT2D eigenvalue weighted by atomic mass is 35.5. The second kappa shape index (κ2) is 10.9. The molecule has 2 amide bonds. The number of benzene rings is 2. The zero-order chi connectivity index (χ0) is 24.2. The maximum absolute atomic E-state index is 13.3. The zero-order valence-electron chi connectivity index (χ0n) is 17.4. The summed E-state index contributed by atoms with van der Waals surface area (Å²) in [6, 6.07) is 8.10. The van der Waals surface area contributed by atoms with Gasteiger partial charge in [0.1, 0.15) is 12.6 Å². The lowest BCUT2D eigenvalue weighted by Gasteiger charge is -2.31. The smallest absolute Gasteiger partial charge is 0.244 e. The number of sulfonamides is 1. The lowest BCUT2D eigenvalue weighted by Crippen LogP contribution is -2.50. The van der Waals surface area contributed by atoms with Gasteiger partial charge in [-0.15, -0.1) is 0 Å². The molecule has 0 heterocycles. The summed E-state index contributed by atoms with van der Waals surface area (Å²) in [4.78, 5) is 26.8. The van der Waals surface area contributed by atoms with Gasteiger partial charge >= 0.3 is 0 Å². The van der Waals surface area contributed by atoms with Gasteiger partial charge < -0.3 is 10.2 Å². The number of carbonyl (C=O) groups excluding carboxylic acids is 2. The van der Waals surface area contributed by atoms with E-state index in [1.165, 1.54) is 37.1 Å². The Morgan fingerprint density at radius 3 is 2.03 bits per heavy atom. The number of likely N-dealkylation sites (N-methyl/N-ethyl adjacent to an activating group) is 1. The summed E-state index contributed by atoms with van der Waals surface area (Å²) >= 11 is 24.5. The highest BCUT2D eigenvalue weighted by Gasteiger charge is 2.30. The molecule has 174 valence electrons.